The van der Waals surface area contributed by atoms with Gasteiger partial charge in [0.25, 0.3) is 0 Å². The van der Waals surface area contributed by atoms with Gasteiger partial charge in [-0.15, -0.1) is 11.3 Å². The molecule has 62 heavy (non-hydrogen) atoms. The first kappa shape index (κ1) is 56.3. The maximum atomic E-state index is 4.43. The lowest BCUT2D eigenvalue weighted by Gasteiger charge is -2.24. The number of rotatable bonds is 10. The molecule has 0 bridgehead atoms. The molecule has 0 N–H and O–H groups in total. The smallest absolute Gasteiger partial charge is 0.115 e. The van der Waals surface area contributed by atoms with Crippen LogP contribution in [0.15, 0.2) is 60.6 Å². The Morgan fingerprint density at radius 3 is 1.44 bits per heavy atom. The molecule has 0 spiro atoms. The van der Waals surface area contributed by atoms with Crippen molar-refractivity contribution in [2.75, 3.05) is 0 Å². The van der Waals surface area contributed by atoms with Crippen LogP contribution in [0.5, 0.6) is 0 Å². The third kappa shape index (κ3) is 17.5. The number of hydrogen-bond donors (Lipinski definition) is 0. The average molecular weight is 867 g/mol. The van der Waals surface area contributed by atoms with Gasteiger partial charge in [0.2, 0.25) is 0 Å². The van der Waals surface area contributed by atoms with Crippen LogP contribution in [0.2, 0.25) is 0 Å². The van der Waals surface area contributed by atoms with Gasteiger partial charge in [-0.05, 0) is 120 Å². The lowest BCUT2D eigenvalue weighted by Crippen LogP contribution is -2.14. The lowest BCUT2D eigenvalue weighted by atomic mass is 9.81. The number of pyridine rings is 1. The van der Waals surface area contributed by atoms with Crippen LogP contribution in [0.4, 0.5) is 0 Å². The molecule has 7 heteroatoms. The topological polar surface area (TPSA) is 69.4 Å². The Morgan fingerprint density at radius 1 is 0.548 bits per heavy atom. The summed E-state index contributed by atoms with van der Waals surface area (Å²) in [4.78, 5) is 19.0. The molecule has 1 aromatic carbocycles. The quantitative estimate of drug-likeness (QED) is 0.140. The number of nitrogens with zero attached hydrogens (tertiary/aromatic N) is 6. The Balaban J connectivity index is 0.000000389. The summed E-state index contributed by atoms with van der Waals surface area (Å²) in [5, 5.41) is 4.25. The van der Waals surface area contributed by atoms with Crippen molar-refractivity contribution in [1.82, 2.24) is 29.7 Å². The molecular weight excluding hydrogens is 777 g/mol. The van der Waals surface area contributed by atoms with Gasteiger partial charge in [0.05, 0.1) is 22.6 Å². The molecule has 0 saturated carbocycles. The predicted octanol–water partition coefficient (Wildman–Crippen LogP) is 17.0. The molecule has 0 unspecified atom stereocenters. The highest BCUT2D eigenvalue weighted by atomic mass is 32.1. The molecule has 0 fully saturated rings. The van der Waals surface area contributed by atoms with Crippen molar-refractivity contribution in [3.8, 4) is 0 Å². The molecule has 0 atom stereocenters. The highest BCUT2D eigenvalue weighted by Crippen LogP contribution is 2.32. The molecule has 0 aliphatic heterocycles. The van der Waals surface area contributed by atoms with Crippen LogP contribution < -0.4 is 0 Å². The zero-order valence-corrected chi connectivity index (χ0v) is 44.6. The highest BCUT2D eigenvalue weighted by Gasteiger charge is 2.20. The summed E-state index contributed by atoms with van der Waals surface area (Å²) in [5.41, 5.74) is 15.6. The second kappa shape index (κ2) is 26.8. The van der Waals surface area contributed by atoms with E-state index >= 15 is 0 Å². The summed E-state index contributed by atoms with van der Waals surface area (Å²) in [6, 6.07) is 13.4. The summed E-state index contributed by atoms with van der Waals surface area (Å²) >= 11 is 1.77. The standard InChI is InChI=1S/C13H22N2.C13H20.C11H17N.C9H16N2.C9H15NS/c1-8(2)11-12(9(3)4)14-7-15-13(11)10(5)6;1-10(2)11-8-6-7-9-12(11)13(3,4)5;1-5-10-11(8(2)3)9(4)6-7-12-10;1-7(2)9-5-6-10-11(9)8(3)4;1-6(2)8-9(7(3)4)11-5-10-8/h7-10H,1-6H3;6-10H,1-5H3;6-8H,5H2,1-4H3;5-8H,1-4H3;5-7H,1-4H3. The Kier molecular flexibility index (Phi) is 24.3. The molecule has 4 aromatic heterocycles. The maximum absolute atomic E-state index is 4.43. The third-order valence-corrected chi connectivity index (χ3v) is 11.8. The molecule has 5 aromatic rings. The number of benzene rings is 1. The van der Waals surface area contributed by atoms with Crippen molar-refractivity contribution in [2.24, 2.45) is 0 Å². The Morgan fingerprint density at radius 2 is 1.08 bits per heavy atom. The normalized spacial score (nSPS) is 11.5. The van der Waals surface area contributed by atoms with E-state index in [-0.39, 0.29) is 5.41 Å². The van der Waals surface area contributed by atoms with Crippen molar-refractivity contribution in [3.05, 3.63) is 122 Å². The average Bonchev–Trinajstić information content (AvgIpc) is 3.90. The van der Waals surface area contributed by atoms with E-state index < -0.39 is 0 Å². The summed E-state index contributed by atoms with van der Waals surface area (Å²) in [6.45, 7) is 50.8. The number of hydrogen-bond acceptors (Lipinski definition) is 6. The van der Waals surface area contributed by atoms with Crippen LogP contribution in [0, 0.1) is 6.92 Å². The van der Waals surface area contributed by atoms with Gasteiger partial charge < -0.3 is 0 Å². The molecule has 0 amide bonds. The van der Waals surface area contributed by atoms with Crippen LogP contribution in [-0.2, 0) is 11.8 Å². The van der Waals surface area contributed by atoms with Crippen molar-refractivity contribution in [1.29, 1.82) is 0 Å². The molecule has 0 aliphatic rings. The minimum absolute atomic E-state index is 0.265. The zero-order chi connectivity index (χ0) is 47.6. The van der Waals surface area contributed by atoms with Crippen molar-refractivity contribution in [2.45, 2.75) is 224 Å². The summed E-state index contributed by atoms with van der Waals surface area (Å²) in [5.74, 6) is 4.43. The fourth-order valence-corrected chi connectivity index (χ4v) is 8.62. The van der Waals surface area contributed by atoms with Gasteiger partial charge in [-0.1, -0.05) is 163 Å². The van der Waals surface area contributed by atoms with E-state index in [1.54, 1.807) is 17.7 Å². The molecule has 0 radical (unpaired) electrons. The maximum Gasteiger partial charge on any atom is 0.115 e. The van der Waals surface area contributed by atoms with Crippen LogP contribution in [-0.4, -0.2) is 29.7 Å². The summed E-state index contributed by atoms with van der Waals surface area (Å²) in [6.07, 6.45) is 6.52. The molecular formula is C55H90N6S. The molecule has 0 saturated heterocycles. The van der Waals surface area contributed by atoms with Crippen molar-refractivity contribution in [3.63, 3.8) is 0 Å². The highest BCUT2D eigenvalue weighted by molar-refractivity contribution is 7.09. The Hall–Kier alpha value is -3.71. The van der Waals surface area contributed by atoms with E-state index in [1.165, 1.54) is 61.2 Å². The number of aryl methyl sites for hydroxylation is 2. The molecule has 346 valence electrons. The minimum atomic E-state index is 0.265. The first-order valence-electron chi connectivity index (χ1n) is 23.6. The number of thiazole rings is 1. The van der Waals surface area contributed by atoms with Crippen molar-refractivity contribution >= 4 is 11.3 Å². The molecule has 4 heterocycles. The van der Waals surface area contributed by atoms with E-state index in [9.17, 15) is 0 Å². The first-order chi connectivity index (χ1) is 28.8. The molecule has 6 nitrogen and oxygen atoms in total. The van der Waals surface area contributed by atoms with Crippen LogP contribution in [0.3, 0.4) is 0 Å². The van der Waals surface area contributed by atoms with Crippen molar-refractivity contribution < 1.29 is 0 Å². The van der Waals surface area contributed by atoms with Gasteiger partial charge in [0.15, 0.2) is 0 Å². The van der Waals surface area contributed by atoms with E-state index in [0.717, 1.165) is 6.42 Å². The number of aromatic nitrogens is 6. The SMILES string of the molecule is CC(C)c1ccccc1C(C)(C)C.CC(C)c1ccnn1C(C)C.CC(C)c1ncnc(C(C)C)c1C(C)C.CC(C)c1ncsc1C(C)C.CCc1nccc(C)c1C(C)C. The molecule has 0 aliphatic carbocycles. The molecule has 5 rings (SSSR count). The van der Waals surface area contributed by atoms with Gasteiger partial charge in [0.1, 0.15) is 6.33 Å². The Bertz CT molecular complexity index is 1860. The fraction of sp³-hybridized carbons (Fsp3) is 0.618. The third-order valence-electron chi connectivity index (χ3n) is 10.7. The van der Waals surface area contributed by atoms with Crippen LogP contribution >= 0.6 is 11.3 Å². The van der Waals surface area contributed by atoms with Crippen LogP contribution in [0.1, 0.15) is 267 Å². The van der Waals surface area contributed by atoms with E-state index in [4.69, 9.17) is 0 Å². The van der Waals surface area contributed by atoms with Gasteiger partial charge in [-0.3, -0.25) is 9.67 Å². The summed E-state index contributed by atoms with van der Waals surface area (Å²) < 4.78 is 2.07. The predicted molar refractivity (Wildman–Crippen MR) is 273 cm³/mol. The van der Waals surface area contributed by atoms with E-state index in [0.29, 0.717) is 53.4 Å². The summed E-state index contributed by atoms with van der Waals surface area (Å²) in [7, 11) is 0. The van der Waals surface area contributed by atoms with E-state index in [1.807, 2.05) is 17.9 Å². The second-order valence-electron chi connectivity index (χ2n) is 20.4. The van der Waals surface area contributed by atoms with Gasteiger partial charge in [-0.25, -0.2) is 15.0 Å². The van der Waals surface area contributed by atoms with E-state index in [2.05, 4.69) is 225 Å². The van der Waals surface area contributed by atoms with Gasteiger partial charge in [-0.2, -0.15) is 5.10 Å². The monoisotopic (exact) mass is 867 g/mol. The Labute approximate surface area is 385 Å². The minimum Gasteiger partial charge on any atom is -0.267 e. The van der Waals surface area contributed by atoms with Crippen LogP contribution in [0.25, 0.3) is 0 Å². The second-order valence-corrected chi connectivity index (χ2v) is 21.3. The van der Waals surface area contributed by atoms with Gasteiger partial charge in [0, 0.05) is 34.7 Å². The van der Waals surface area contributed by atoms with Gasteiger partial charge >= 0.3 is 0 Å². The first-order valence-corrected chi connectivity index (χ1v) is 24.5. The fourth-order valence-electron chi connectivity index (χ4n) is 7.66. The lowest BCUT2D eigenvalue weighted by molar-refractivity contribution is 0.498. The largest absolute Gasteiger partial charge is 0.267 e. The zero-order valence-electron chi connectivity index (χ0n) is 43.8.